The summed E-state index contributed by atoms with van der Waals surface area (Å²) in [5.41, 5.74) is 5.10. The van der Waals surface area contributed by atoms with Gasteiger partial charge in [-0.05, 0) is 6.92 Å². The molecule has 0 saturated carbocycles. The fourth-order valence-corrected chi connectivity index (χ4v) is 0. The molecule has 0 aliphatic heterocycles. The van der Waals surface area contributed by atoms with Crippen LogP contribution in [0.2, 0.25) is 0 Å². The van der Waals surface area contributed by atoms with Crippen LogP contribution in [0.15, 0.2) is 0 Å². The molecule has 1 atom stereocenters. The summed E-state index contributed by atoms with van der Waals surface area (Å²) in [6.07, 6.45) is 0. The molecule has 4 heavy (non-hydrogen) atoms. The number of rotatable bonds is 0. The van der Waals surface area contributed by atoms with Crippen molar-refractivity contribution in [3.05, 3.63) is 0 Å². The van der Waals surface area contributed by atoms with Crippen molar-refractivity contribution in [2.24, 2.45) is 5.73 Å². The van der Waals surface area contributed by atoms with Gasteiger partial charge in [0.05, 0.1) is 4.05 Å². The predicted octanol–water partition coefficient (Wildman–Crippen LogP) is 0.726. The van der Waals surface area contributed by atoms with E-state index in [4.69, 9.17) is 5.73 Å². The van der Waals surface area contributed by atoms with E-state index in [-0.39, 0.29) is 0 Å². The SMILES string of the molecule is CC(N)I. The minimum atomic E-state index is 0.303. The highest BCUT2D eigenvalue weighted by Crippen LogP contribution is 1.82. The first-order valence-corrected chi connectivity index (χ1v) is 2.37. The van der Waals surface area contributed by atoms with Gasteiger partial charge < -0.3 is 5.73 Å². The summed E-state index contributed by atoms with van der Waals surface area (Å²) in [7, 11) is 0. The van der Waals surface area contributed by atoms with Crippen molar-refractivity contribution in [3.63, 3.8) is 0 Å². The Morgan fingerprint density at radius 1 is 2.00 bits per heavy atom. The van der Waals surface area contributed by atoms with Gasteiger partial charge >= 0.3 is 0 Å². The molecule has 2 N–H and O–H groups in total. The zero-order chi connectivity index (χ0) is 3.58. The van der Waals surface area contributed by atoms with Gasteiger partial charge in [-0.3, -0.25) is 0 Å². The molecule has 0 rings (SSSR count). The molecule has 0 heterocycles. The van der Waals surface area contributed by atoms with Crippen LogP contribution in [0.4, 0.5) is 0 Å². The van der Waals surface area contributed by atoms with Crippen LogP contribution in [0, 0.1) is 0 Å². The Bertz CT molecular complexity index is 10.8. The maximum atomic E-state index is 5.10. The monoisotopic (exact) mass is 171 g/mol. The van der Waals surface area contributed by atoms with E-state index >= 15 is 0 Å². The van der Waals surface area contributed by atoms with Crippen molar-refractivity contribution in [3.8, 4) is 0 Å². The van der Waals surface area contributed by atoms with Gasteiger partial charge in [0, 0.05) is 0 Å². The molecule has 0 radical (unpaired) electrons. The van der Waals surface area contributed by atoms with Crippen molar-refractivity contribution in [2.75, 3.05) is 0 Å². The average Bonchev–Trinajstić information content (AvgIpc) is 0.811. The summed E-state index contributed by atoms with van der Waals surface area (Å²) in [6.45, 7) is 1.93. The first-order chi connectivity index (χ1) is 1.73. The fraction of sp³-hybridized carbons (Fsp3) is 1.00. The van der Waals surface area contributed by atoms with Gasteiger partial charge in [0.15, 0.2) is 0 Å². The summed E-state index contributed by atoms with van der Waals surface area (Å²) in [5, 5.41) is 0. The Labute approximate surface area is 39.7 Å². The van der Waals surface area contributed by atoms with Crippen molar-refractivity contribution in [1.82, 2.24) is 0 Å². The molecular formula is C2H6IN. The van der Waals surface area contributed by atoms with Gasteiger partial charge in [-0.25, -0.2) is 0 Å². The van der Waals surface area contributed by atoms with Gasteiger partial charge in [0.1, 0.15) is 0 Å². The predicted molar refractivity (Wildman–Crippen MR) is 27.7 cm³/mol. The summed E-state index contributed by atoms with van der Waals surface area (Å²) >= 11 is 2.12. The largest absolute Gasteiger partial charge is 0.320 e. The minimum absolute atomic E-state index is 0.303. The Morgan fingerprint density at radius 2 is 2.00 bits per heavy atom. The zero-order valence-corrected chi connectivity index (χ0v) is 4.69. The van der Waals surface area contributed by atoms with E-state index in [2.05, 4.69) is 22.6 Å². The second kappa shape index (κ2) is 1.96. The molecule has 0 aromatic carbocycles. The standard InChI is InChI=1S/C2H6IN/c1-2(3)4/h2H,4H2,1H3. The number of alkyl halides is 1. The van der Waals surface area contributed by atoms with E-state index in [1.807, 2.05) is 6.92 Å². The van der Waals surface area contributed by atoms with Crippen LogP contribution in [0.25, 0.3) is 0 Å². The maximum Gasteiger partial charge on any atom is 0.0539 e. The van der Waals surface area contributed by atoms with Crippen molar-refractivity contribution in [1.29, 1.82) is 0 Å². The molecule has 0 aromatic rings. The lowest BCUT2D eigenvalue weighted by atomic mass is 10.8. The molecular weight excluding hydrogens is 165 g/mol. The van der Waals surface area contributed by atoms with Crippen LogP contribution in [0.3, 0.4) is 0 Å². The third-order valence-electron chi connectivity index (χ3n) is 0. The van der Waals surface area contributed by atoms with E-state index < -0.39 is 0 Å². The Hall–Kier alpha value is 0.690. The number of nitrogens with two attached hydrogens (primary N) is 1. The second-order valence-corrected chi connectivity index (χ2v) is 2.64. The molecule has 2 heteroatoms. The number of hydrogen-bond acceptors (Lipinski definition) is 1. The Balaban J connectivity index is 2.32. The van der Waals surface area contributed by atoms with Gasteiger partial charge in [-0.2, -0.15) is 0 Å². The summed E-state index contributed by atoms with van der Waals surface area (Å²) in [6, 6.07) is 0. The number of halogens is 1. The van der Waals surface area contributed by atoms with E-state index in [0.717, 1.165) is 0 Å². The molecule has 0 amide bonds. The van der Waals surface area contributed by atoms with Crippen LogP contribution in [-0.2, 0) is 0 Å². The topological polar surface area (TPSA) is 26.0 Å². The van der Waals surface area contributed by atoms with Gasteiger partial charge in [-0.15, -0.1) is 0 Å². The normalized spacial score (nSPS) is 15.8. The first-order valence-electron chi connectivity index (χ1n) is 1.13. The average molecular weight is 171 g/mol. The lowest BCUT2D eigenvalue weighted by molar-refractivity contribution is 1.09. The fourth-order valence-electron chi connectivity index (χ4n) is 0. The quantitative estimate of drug-likeness (QED) is 0.324. The molecule has 0 aliphatic carbocycles. The lowest BCUT2D eigenvalue weighted by Crippen LogP contribution is -2.02. The van der Waals surface area contributed by atoms with Gasteiger partial charge in [0.25, 0.3) is 0 Å². The Kier molecular flexibility index (Phi) is 2.30. The first kappa shape index (κ1) is 4.69. The van der Waals surface area contributed by atoms with Crippen LogP contribution in [0.5, 0.6) is 0 Å². The van der Waals surface area contributed by atoms with E-state index in [0.29, 0.717) is 4.05 Å². The van der Waals surface area contributed by atoms with Gasteiger partial charge in [-0.1, -0.05) is 22.6 Å². The smallest absolute Gasteiger partial charge is 0.0539 e. The van der Waals surface area contributed by atoms with Crippen LogP contribution in [-0.4, -0.2) is 4.05 Å². The molecule has 26 valence electrons. The highest BCUT2D eigenvalue weighted by atomic mass is 127. The van der Waals surface area contributed by atoms with Gasteiger partial charge in [0.2, 0.25) is 0 Å². The van der Waals surface area contributed by atoms with Crippen molar-refractivity contribution < 1.29 is 0 Å². The summed E-state index contributed by atoms with van der Waals surface area (Å²) in [4.78, 5) is 0. The summed E-state index contributed by atoms with van der Waals surface area (Å²) < 4.78 is 0.303. The number of hydrogen-bond donors (Lipinski definition) is 1. The molecule has 0 spiro atoms. The Morgan fingerprint density at radius 3 is 2.00 bits per heavy atom. The molecule has 0 bridgehead atoms. The molecule has 1 unspecified atom stereocenters. The highest BCUT2D eigenvalue weighted by Gasteiger charge is 1.70. The van der Waals surface area contributed by atoms with Crippen molar-refractivity contribution in [2.45, 2.75) is 11.0 Å². The maximum absolute atomic E-state index is 5.10. The highest BCUT2D eigenvalue weighted by molar-refractivity contribution is 14.1. The van der Waals surface area contributed by atoms with Crippen LogP contribution >= 0.6 is 22.6 Å². The van der Waals surface area contributed by atoms with Crippen LogP contribution in [0.1, 0.15) is 6.92 Å². The van der Waals surface area contributed by atoms with E-state index in [1.165, 1.54) is 0 Å². The van der Waals surface area contributed by atoms with E-state index in [1.54, 1.807) is 0 Å². The zero-order valence-electron chi connectivity index (χ0n) is 2.53. The lowest BCUT2D eigenvalue weighted by Gasteiger charge is -1.78. The third-order valence-corrected chi connectivity index (χ3v) is 0. The molecule has 0 fully saturated rings. The molecule has 0 aromatic heterocycles. The van der Waals surface area contributed by atoms with Crippen molar-refractivity contribution >= 4 is 22.6 Å². The third kappa shape index (κ3) is 16.1. The molecule has 0 aliphatic rings. The second-order valence-electron chi connectivity index (χ2n) is 0.678. The van der Waals surface area contributed by atoms with E-state index in [9.17, 15) is 0 Å². The van der Waals surface area contributed by atoms with Crippen LogP contribution < -0.4 is 5.73 Å². The summed E-state index contributed by atoms with van der Waals surface area (Å²) in [5.74, 6) is 0. The minimum Gasteiger partial charge on any atom is -0.320 e. The molecule has 0 saturated heterocycles. The molecule has 1 nitrogen and oxygen atoms in total.